The topological polar surface area (TPSA) is 96.1 Å². The molecule has 174 valence electrons. The van der Waals surface area contributed by atoms with Crippen LogP contribution in [0, 0.1) is 0 Å². The summed E-state index contributed by atoms with van der Waals surface area (Å²) in [5, 5.41) is 8.07. The highest BCUT2D eigenvalue weighted by Crippen LogP contribution is 2.20. The van der Waals surface area contributed by atoms with Crippen molar-refractivity contribution in [3.8, 4) is 11.4 Å². The van der Waals surface area contributed by atoms with Crippen LogP contribution in [0.25, 0.3) is 11.4 Å². The van der Waals surface area contributed by atoms with Crippen molar-refractivity contribution >= 4 is 47.6 Å². The van der Waals surface area contributed by atoms with Crippen LogP contribution in [0.3, 0.4) is 0 Å². The number of carbonyl (C=O) groups excluding carboxylic acids is 1. The number of aliphatic imine (C=N–C) groups is 1. The molecule has 1 atom stereocenters. The molecule has 2 aliphatic heterocycles. The lowest BCUT2D eigenvalue weighted by Crippen LogP contribution is -2.57. The zero-order valence-electron chi connectivity index (χ0n) is 18.4. The van der Waals surface area contributed by atoms with Crippen molar-refractivity contribution in [3.63, 3.8) is 0 Å². The van der Waals surface area contributed by atoms with Gasteiger partial charge in [-0.05, 0) is 45.0 Å². The number of amides is 1. The average Bonchev–Trinajstić information content (AvgIpc) is 3.34. The second kappa shape index (κ2) is 10.2. The van der Waals surface area contributed by atoms with Crippen LogP contribution in [0.4, 0.5) is 4.79 Å². The van der Waals surface area contributed by atoms with Crippen LogP contribution in [-0.2, 0) is 11.2 Å². The maximum Gasteiger partial charge on any atom is 0.410 e. The van der Waals surface area contributed by atoms with Crippen molar-refractivity contribution in [2.75, 3.05) is 32.7 Å². The van der Waals surface area contributed by atoms with Crippen molar-refractivity contribution in [1.29, 1.82) is 0 Å². The Kier molecular flexibility index (Phi) is 7.86. The van der Waals surface area contributed by atoms with E-state index in [4.69, 9.17) is 20.9 Å². The molecule has 4 rings (SSSR count). The molecule has 0 aliphatic carbocycles. The van der Waals surface area contributed by atoms with Crippen LogP contribution >= 0.6 is 35.6 Å². The number of rotatable bonds is 4. The molecule has 2 aromatic rings. The third-order valence-electron chi connectivity index (χ3n) is 5.05. The molecule has 1 amide bonds. The van der Waals surface area contributed by atoms with Crippen LogP contribution in [0.1, 0.15) is 26.7 Å². The first-order valence-electron chi connectivity index (χ1n) is 10.4. The Morgan fingerprint density at radius 2 is 2.03 bits per heavy atom. The first-order chi connectivity index (χ1) is 14.8. The van der Waals surface area contributed by atoms with Gasteiger partial charge < -0.3 is 24.4 Å². The molecule has 1 N–H and O–H groups in total. The van der Waals surface area contributed by atoms with Crippen LogP contribution in [0.2, 0.25) is 5.02 Å². The summed E-state index contributed by atoms with van der Waals surface area (Å²) in [7, 11) is 0. The summed E-state index contributed by atoms with van der Waals surface area (Å²) in [6.45, 7) is 8.86. The summed E-state index contributed by atoms with van der Waals surface area (Å²) in [4.78, 5) is 25.4. The van der Waals surface area contributed by atoms with Gasteiger partial charge in [0, 0.05) is 43.2 Å². The summed E-state index contributed by atoms with van der Waals surface area (Å²) < 4.78 is 10.8. The van der Waals surface area contributed by atoms with E-state index in [0.29, 0.717) is 49.3 Å². The molecule has 3 heterocycles. The smallest absolute Gasteiger partial charge is 0.410 e. The van der Waals surface area contributed by atoms with E-state index in [2.05, 4.69) is 25.3 Å². The molecule has 1 fully saturated rings. The number of ether oxygens (including phenoxy) is 1. The van der Waals surface area contributed by atoms with Gasteiger partial charge in [-0.15, -0.1) is 24.0 Å². The number of halogens is 2. The number of carbonyl (C=O) groups is 1. The molecule has 1 unspecified atom stereocenters. The zero-order valence-corrected chi connectivity index (χ0v) is 21.5. The third-order valence-corrected chi connectivity index (χ3v) is 5.30. The summed E-state index contributed by atoms with van der Waals surface area (Å²) in [6.07, 6.45) is 0.323. The number of nitrogens with zero attached hydrogens (tertiary/aromatic N) is 5. The second-order valence-electron chi connectivity index (χ2n) is 8.63. The largest absolute Gasteiger partial charge is 0.444 e. The van der Waals surface area contributed by atoms with Gasteiger partial charge in [-0.1, -0.05) is 16.8 Å². The maximum absolute atomic E-state index is 12.3. The highest BCUT2D eigenvalue weighted by atomic mass is 127. The molecule has 0 spiro atoms. The quantitative estimate of drug-likeness (QED) is 0.559. The van der Waals surface area contributed by atoms with E-state index in [9.17, 15) is 4.79 Å². The monoisotopic (exact) mass is 574 g/mol. The first kappa shape index (κ1) is 24.6. The van der Waals surface area contributed by atoms with Crippen molar-refractivity contribution in [2.45, 2.75) is 38.8 Å². The summed E-state index contributed by atoms with van der Waals surface area (Å²) in [6, 6.07) is 7.49. The number of nitrogens with one attached hydrogen (secondary N) is 1. The van der Waals surface area contributed by atoms with Gasteiger partial charge in [0.15, 0.2) is 5.96 Å². The Morgan fingerprint density at radius 1 is 1.28 bits per heavy atom. The molecule has 0 saturated carbocycles. The predicted octanol–water partition coefficient (Wildman–Crippen LogP) is 3.43. The Bertz CT molecular complexity index is 959. The van der Waals surface area contributed by atoms with Gasteiger partial charge in [0.05, 0.1) is 12.6 Å². The van der Waals surface area contributed by atoms with Gasteiger partial charge >= 0.3 is 6.09 Å². The SMILES string of the molecule is CC(C)(C)OC(=O)N1CCN2C(NCCc3nc(-c4ccc(Cl)cc4)no3)=NCC2C1.I. The Morgan fingerprint density at radius 3 is 2.75 bits per heavy atom. The van der Waals surface area contributed by atoms with Crippen LogP contribution in [0.5, 0.6) is 0 Å². The molecule has 1 saturated heterocycles. The van der Waals surface area contributed by atoms with Crippen molar-refractivity contribution in [3.05, 3.63) is 35.2 Å². The fourth-order valence-electron chi connectivity index (χ4n) is 3.58. The third kappa shape index (κ3) is 6.03. The highest BCUT2D eigenvalue weighted by Gasteiger charge is 2.36. The lowest BCUT2D eigenvalue weighted by atomic mass is 10.2. The van der Waals surface area contributed by atoms with E-state index in [-0.39, 0.29) is 36.1 Å². The minimum absolute atomic E-state index is 0. The van der Waals surface area contributed by atoms with Crippen molar-refractivity contribution < 1.29 is 14.1 Å². The lowest BCUT2D eigenvalue weighted by molar-refractivity contribution is 0.0137. The summed E-state index contributed by atoms with van der Waals surface area (Å²) in [5.74, 6) is 1.96. The molecule has 11 heteroatoms. The van der Waals surface area contributed by atoms with E-state index in [0.717, 1.165) is 18.1 Å². The van der Waals surface area contributed by atoms with E-state index in [1.54, 1.807) is 17.0 Å². The molecule has 2 aliphatic rings. The number of aromatic nitrogens is 2. The zero-order chi connectivity index (χ0) is 22.0. The Hall–Kier alpha value is -2.08. The van der Waals surface area contributed by atoms with Gasteiger partial charge in [-0.2, -0.15) is 4.98 Å². The van der Waals surface area contributed by atoms with Gasteiger partial charge in [0.25, 0.3) is 0 Å². The standard InChI is InChI=1S/C21H27ClN6O3.HI/c1-21(2,3)30-20(29)27-10-11-28-16(13-27)12-24-19(28)23-9-8-17-25-18(26-31-17)14-4-6-15(22)7-5-14;/h4-7,16H,8-13H2,1-3H3,(H,23,24);1H. The molecule has 32 heavy (non-hydrogen) atoms. The molecule has 0 radical (unpaired) electrons. The Balaban J connectivity index is 0.00000289. The van der Waals surface area contributed by atoms with Gasteiger partial charge in [0.2, 0.25) is 11.7 Å². The highest BCUT2D eigenvalue weighted by molar-refractivity contribution is 14.0. The molecular weight excluding hydrogens is 547 g/mol. The molecule has 1 aromatic heterocycles. The molecule has 1 aromatic carbocycles. The predicted molar refractivity (Wildman–Crippen MR) is 132 cm³/mol. The molecular formula is C21H28ClIN6O3. The van der Waals surface area contributed by atoms with Crippen LogP contribution in [0.15, 0.2) is 33.8 Å². The molecule has 9 nitrogen and oxygen atoms in total. The minimum atomic E-state index is -0.491. The number of guanidine groups is 1. The fourth-order valence-corrected chi connectivity index (χ4v) is 3.70. The first-order valence-corrected chi connectivity index (χ1v) is 10.8. The van der Waals surface area contributed by atoms with Gasteiger partial charge in [0.1, 0.15) is 5.60 Å². The van der Waals surface area contributed by atoms with Crippen molar-refractivity contribution in [1.82, 2.24) is 25.3 Å². The maximum atomic E-state index is 12.3. The number of hydrogen-bond donors (Lipinski definition) is 1. The average molecular weight is 575 g/mol. The minimum Gasteiger partial charge on any atom is -0.444 e. The van der Waals surface area contributed by atoms with Crippen LogP contribution in [-0.4, -0.2) is 76.4 Å². The Labute approximate surface area is 209 Å². The fraction of sp³-hybridized carbons (Fsp3) is 0.524. The van der Waals surface area contributed by atoms with E-state index in [1.807, 2.05) is 32.9 Å². The normalized spacial score (nSPS) is 18.0. The van der Waals surface area contributed by atoms with Gasteiger partial charge in [-0.25, -0.2) is 4.79 Å². The molecule has 0 bridgehead atoms. The van der Waals surface area contributed by atoms with Crippen molar-refractivity contribution in [2.24, 2.45) is 4.99 Å². The van der Waals surface area contributed by atoms with E-state index in [1.165, 1.54) is 0 Å². The van der Waals surface area contributed by atoms with Crippen LogP contribution < -0.4 is 5.32 Å². The lowest BCUT2D eigenvalue weighted by Gasteiger charge is -2.39. The number of hydrogen-bond acceptors (Lipinski definition) is 8. The number of fused-ring (bicyclic) bond motifs is 1. The number of piperazine rings is 1. The summed E-state index contributed by atoms with van der Waals surface area (Å²) >= 11 is 5.92. The summed E-state index contributed by atoms with van der Waals surface area (Å²) in [5.41, 5.74) is 0.369. The van der Waals surface area contributed by atoms with Gasteiger partial charge in [-0.3, -0.25) is 4.99 Å². The van der Waals surface area contributed by atoms with E-state index < -0.39 is 5.60 Å². The second-order valence-corrected chi connectivity index (χ2v) is 9.07. The number of benzene rings is 1. The van der Waals surface area contributed by atoms with E-state index >= 15 is 0 Å².